The number of methoxy groups -OCH3 is 1. The number of sulfonamides is 1. The van der Waals surface area contributed by atoms with E-state index in [0.717, 1.165) is 16.4 Å². The minimum absolute atomic E-state index is 0.0116. The van der Waals surface area contributed by atoms with Gasteiger partial charge in [-0.25, -0.2) is 17.8 Å². The Labute approximate surface area is 169 Å². The Morgan fingerprint density at radius 3 is 2.48 bits per heavy atom. The van der Waals surface area contributed by atoms with Crippen molar-refractivity contribution < 1.29 is 27.1 Å². The van der Waals surface area contributed by atoms with Crippen molar-refractivity contribution in [3.05, 3.63) is 47.9 Å². The third-order valence-corrected chi connectivity index (χ3v) is 6.11. The van der Waals surface area contributed by atoms with Crippen molar-refractivity contribution in [2.24, 2.45) is 0 Å². The highest BCUT2D eigenvalue weighted by molar-refractivity contribution is 7.89. The summed E-state index contributed by atoms with van der Waals surface area (Å²) in [6.45, 7) is 4.46. The third-order valence-electron chi connectivity index (χ3n) is 4.05. The first kappa shape index (κ1) is 22.7. The van der Waals surface area contributed by atoms with E-state index in [4.69, 9.17) is 9.47 Å². The third kappa shape index (κ3) is 5.72. The molecule has 0 unspecified atom stereocenters. The summed E-state index contributed by atoms with van der Waals surface area (Å²) in [5, 5.41) is 2.60. The Balaban J connectivity index is 2.18. The molecule has 0 aliphatic heterocycles. The number of aromatic nitrogens is 1. The molecular weight excluding hydrogens is 401 g/mol. The first-order chi connectivity index (χ1) is 13.8. The monoisotopic (exact) mass is 425 g/mol. The standard InChI is InChI=1S/C19H24FN3O5S/c1-4-23(5-2)29(25,26)17-12-14(6-8-16(17)20)19(24)22-15-7-9-18(21-13-15)28-11-10-27-3/h6-9,12-13H,4-5,10-11H2,1-3H3,(H,22,24). The number of hydrogen-bond donors (Lipinski definition) is 1. The zero-order valence-electron chi connectivity index (χ0n) is 16.5. The number of nitrogens with one attached hydrogen (secondary N) is 1. The van der Waals surface area contributed by atoms with E-state index in [9.17, 15) is 17.6 Å². The molecule has 0 fully saturated rings. The normalized spacial score (nSPS) is 11.5. The van der Waals surface area contributed by atoms with Crippen LogP contribution in [0.2, 0.25) is 0 Å². The molecule has 2 aromatic rings. The average Bonchev–Trinajstić information content (AvgIpc) is 2.70. The molecule has 2 rings (SSSR count). The van der Waals surface area contributed by atoms with E-state index in [1.807, 2.05) is 0 Å². The van der Waals surface area contributed by atoms with Gasteiger partial charge in [0.25, 0.3) is 5.91 Å². The minimum atomic E-state index is -4.04. The highest BCUT2D eigenvalue weighted by Gasteiger charge is 2.26. The number of benzene rings is 1. The molecule has 0 spiro atoms. The van der Waals surface area contributed by atoms with Crippen LogP contribution in [0.25, 0.3) is 0 Å². The molecule has 0 radical (unpaired) electrons. The number of halogens is 1. The summed E-state index contributed by atoms with van der Waals surface area (Å²) in [6.07, 6.45) is 1.40. The molecule has 0 saturated heterocycles. The lowest BCUT2D eigenvalue weighted by molar-refractivity contribution is 0.102. The Kier molecular flexibility index (Phi) is 8.06. The number of ether oxygens (including phenoxy) is 2. The SMILES string of the molecule is CCN(CC)S(=O)(=O)c1cc(C(=O)Nc2ccc(OCCOC)nc2)ccc1F. The van der Waals surface area contributed by atoms with Crippen molar-refractivity contribution in [2.45, 2.75) is 18.7 Å². The van der Waals surface area contributed by atoms with Crippen LogP contribution in [0.4, 0.5) is 10.1 Å². The smallest absolute Gasteiger partial charge is 0.255 e. The Morgan fingerprint density at radius 1 is 1.17 bits per heavy atom. The lowest BCUT2D eigenvalue weighted by Crippen LogP contribution is -2.31. The molecule has 1 N–H and O–H groups in total. The zero-order chi connectivity index (χ0) is 21.4. The average molecular weight is 425 g/mol. The number of anilines is 1. The number of pyridine rings is 1. The predicted octanol–water partition coefficient (Wildman–Crippen LogP) is 2.53. The van der Waals surface area contributed by atoms with Gasteiger partial charge in [-0.15, -0.1) is 0 Å². The van der Waals surface area contributed by atoms with Gasteiger partial charge in [-0.05, 0) is 24.3 Å². The van der Waals surface area contributed by atoms with Gasteiger partial charge < -0.3 is 14.8 Å². The van der Waals surface area contributed by atoms with Crippen LogP contribution in [0.5, 0.6) is 5.88 Å². The van der Waals surface area contributed by atoms with Crippen LogP contribution < -0.4 is 10.1 Å². The van der Waals surface area contributed by atoms with Crippen LogP contribution >= 0.6 is 0 Å². The highest BCUT2D eigenvalue weighted by atomic mass is 32.2. The van der Waals surface area contributed by atoms with Crippen molar-refractivity contribution in [2.75, 3.05) is 38.7 Å². The summed E-state index contributed by atoms with van der Waals surface area (Å²) < 4.78 is 50.8. The topological polar surface area (TPSA) is 97.8 Å². The Bertz CT molecular complexity index is 931. The molecule has 0 saturated carbocycles. The number of rotatable bonds is 10. The molecule has 8 nitrogen and oxygen atoms in total. The van der Waals surface area contributed by atoms with Crippen LogP contribution in [-0.4, -0.2) is 57.0 Å². The van der Waals surface area contributed by atoms with E-state index in [2.05, 4.69) is 10.3 Å². The maximum Gasteiger partial charge on any atom is 0.255 e. The molecule has 1 aromatic carbocycles. The molecule has 1 heterocycles. The van der Waals surface area contributed by atoms with E-state index >= 15 is 0 Å². The Morgan fingerprint density at radius 2 is 1.90 bits per heavy atom. The van der Waals surface area contributed by atoms with Gasteiger partial charge in [0.15, 0.2) is 0 Å². The van der Waals surface area contributed by atoms with Gasteiger partial charge in [0.2, 0.25) is 15.9 Å². The number of carbonyl (C=O) groups excluding carboxylic acids is 1. The molecule has 29 heavy (non-hydrogen) atoms. The summed E-state index contributed by atoms with van der Waals surface area (Å²) in [6, 6.07) is 6.39. The van der Waals surface area contributed by atoms with E-state index < -0.39 is 26.6 Å². The molecule has 158 valence electrons. The van der Waals surface area contributed by atoms with Crippen molar-refractivity contribution in [3.8, 4) is 5.88 Å². The Hall–Kier alpha value is -2.56. The summed E-state index contributed by atoms with van der Waals surface area (Å²) in [5.74, 6) is -1.13. The second kappa shape index (κ2) is 10.3. The summed E-state index contributed by atoms with van der Waals surface area (Å²) >= 11 is 0. The first-order valence-corrected chi connectivity index (χ1v) is 10.5. The second-order valence-electron chi connectivity index (χ2n) is 5.92. The lowest BCUT2D eigenvalue weighted by atomic mass is 10.2. The molecule has 0 bridgehead atoms. The summed E-state index contributed by atoms with van der Waals surface area (Å²) in [4.78, 5) is 16.0. The van der Waals surface area contributed by atoms with Crippen LogP contribution in [0.15, 0.2) is 41.4 Å². The maximum atomic E-state index is 14.2. The van der Waals surface area contributed by atoms with Crippen LogP contribution in [0.3, 0.4) is 0 Å². The van der Waals surface area contributed by atoms with Crippen molar-refractivity contribution in [1.29, 1.82) is 0 Å². The first-order valence-electron chi connectivity index (χ1n) is 9.02. The van der Waals surface area contributed by atoms with E-state index in [-0.39, 0.29) is 18.7 Å². The number of carbonyl (C=O) groups is 1. The highest BCUT2D eigenvalue weighted by Crippen LogP contribution is 2.21. The molecule has 1 aromatic heterocycles. The molecule has 0 atom stereocenters. The second-order valence-corrected chi connectivity index (χ2v) is 7.82. The number of nitrogens with zero attached hydrogens (tertiary/aromatic N) is 2. The fraction of sp³-hybridized carbons (Fsp3) is 0.368. The van der Waals surface area contributed by atoms with Crippen LogP contribution in [-0.2, 0) is 14.8 Å². The minimum Gasteiger partial charge on any atom is -0.475 e. The van der Waals surface area contributed by atoms with Gasteiger partial charge in [0.05, 0.1) is 18.5 Å². The lowest BCUT2D eigenvalue weighted by Gasteiger charge is -2.19. The van der Waals surface area contributed by atoms with E-state index in [0.29, 0.717) is 24.8 Å². The van der Waals surface area contributed by atoms with Gasteiger partial charge in [-0.2, -0.15) is 4.31 Å². The predicted molar refractivity (Wildman–Crippen MR) is 106 cm³/mol. The van der Waals surface area contributed by atoms with E-state index in [1.165, 1.54) is 12.3 Å². The fourth-order valence-corrected chi connectivity index (χ4v) is 4.07. The molecule has 0 aliphatic carbocycles. The fourth-order valence-electron chi connectivity index (χ4n) is 2.52. The van der Waals surface area contributed by atoms with Gasteiger partial charge in [0.1, 0.15) is 17.3 Å². The molecular formula is C19H24FN3O5S. The molecule has 10 heteroatoms. The van der Waals surface area contributed by atoms with Crippen LogP contribution in [0, 0.1) is 5.82 Å². The summed E-state index contributed by atoms with van der Waals surface area (Å²) in [7, 11) is -2.48. The van der Waals surface area contributed by atoms with Gasteiger partial charge in [-0.1, -0.05) is 13.8 Å². The van der Waals surface area contributed by atoms with Gasteiger partial charge in [0, 0.05) is 31.8 Å². The number of hydrogen-bond acceptors (Lipinski definition) is 6. The zero-order valence-corrected chi connectivity index (χ0v) is 17.3. The van der Waals surface area contributed by atoms with Crippen molar-refractivity contribution in [3.63, 3.8) is 0 Å². The summed E-state index contributed by atoms with van der Waals surface area (Å²) in [5.41, 5.74) is 0.393. The number of amides is 1. The van der Waals surface area contributed by atoms with Gasteiger partial charge >= 0.3 is 0 Å². The van der Waals surface area contributed by atoms with E-state index in [1.54, 1.807) is 33.1 Å². The van der Waals surface area contributed by atoms with Crippen molar-refractivity contribution in [1.82, 2.24) is 9.29 Å². The molecule has 1 amide bonds. The largest absolute Gasteiger partial charge is 0.475 e. The van der Waals surface area contributed by atoms with Crippen molar-refractivity contribution >= 4 is 21.6 Å². The van der Waals surface area contributed by atoms with Crippen LogP contribution in [0.1, 0.15) is 24.2 Å². The van der Waals surface area contributed by atoms with Gasteiger partial charge in [-0.3, -0.25) is 4.79 Å². The molecule has 0 aliphatic rings. The quantitative estimate of drug-likeness (QED) is 0.588. The maximum absolute atomic E-state index is 14.2.